The quantitative estimate of drug-likeness (QED) is 0.627. The van der Waals surface area contributed by atoms with Gasteiger partial charge in [0, 0.05) is 0 Å². The van der Waals surface area contributed by atoms with Gasteiger partial charge in [0.2, 0.25) is 0 Å². The molecule has 0 spiro atoms. The average Bonchev–Trinajstić information content (AvgIpc) is 1.85. The van der Waals surface area contributed by atoms with Crippen molar-refractivity contribution in [3.05, 3.63) is 0 Å². The molecule has 0 aromatic rings. The molecule has 0 aromatic heterocycles. The van der Waals surface area contributed by atoms with Crippen LogP contribution in [-0.2, 0) is 4.79 Å². The third-order valence-corrected chi connectivity index (χ3v) is 1.84. The first-order valence-corrected chi connectivity index (χ1v) is 3.97. The Morgan fingerprint density at radius 3 is 2.80 bits per heavy atom. The smallest absolute Gasteiger partial charge is 0.313 e. The van der Waals surface area contributed by atoms with Gasteiger partial charge in [-0.3, -0.25) is 4.79 Å². The van der Waals surface area contributed by atoms with Crippen LogP contribution >= 0.6 is 11.8 Å². The van der Waals surface area contributed by atoms with Crippen LogP contribution in [-0.4, -0.2) is 22.1 Å². The molecule has 0 aliphatic carbocycles. The van der Waals surface area contributed by atoms with Crippen molar-refractivity contribution in [2.75, 3.05) is 5.75 Å². The van der Waals surface area contributed by atoms with Gasteiger partial charge in [-0.25, -0.2) is 0 Å². The summed E-state index contributed by atoms with van der Waals surface area (Å²) in [5.74, 6) is 4.93. The van der Waals surface area contributed by atoms with Crippen LogP contribution in [0.3, 0.4) is 0 Å². The first kappa shape index (κ1) is 9.38. The molecule has 1 atom stereocenters. The molecule has 0 amide bonds. The van der Waals surface area contributed by atoms with Crippen LogP contribution in [0.15, 0.2) is 0 Å². The highest BCUT2D eigenvalue weighted by molar-refractivity contribution is 8.00. The maximum atomic E-state index is 10.0. The van der Waals surface area contributed by atoms with Gasteiger partial charge in [-0.1, -0.05) is 5.92 Å². The number of rotatable bonds is 3. The van der Waals surface area contributed by atoms with Crippen LogP contribution in [0, 0.1) is 11.8 Å². The van der Waals surface area contributed by atoms with Crippen molar-refractivity contribution in [1.82, 2.24) is 0 Å². The number of thioether (sulfide) groups is 1. The Balaban J connectivity index is 3.46. The van der Waals surface area contributed by atoms with Crippen molar-refractivity contribution in [2.24, 2.45) is 0 Å². The minimum atomic E-state index is -0.783. The normalized spacial score (nSPS) is 11.4. The SMILES string of the molecule is CC#CC(C)SCC(=O)O. The zero-order valence-electron chi connectivity index (χ0n) is 6.05. The van der Waals surface area contributed by atoms with Crippen LogP contribution in [0.25, 0.3) is 0 Å². The lowest BCUT2D eigenvalue weighted by Crippen LogP contribution is -2.02. The highest BCUT2D eigenvalue weighted by Crippen LogP contribution is 2.07. The Morgan fingerprint density at radius 2 is 2.40 bits per heavy atom. The summed E-state index contributed by atoms with van der Waals surface area (Å²) in [5.41, 5.74) is 0. The van der Waals surface area contributed by atoms with Gasteiger partial charge in [-0.2, -0.15) is 0 Å². The molecule has 0 aliphatic heterocycles. The molecular weight excluding hydrogens is 148 g/mol. The molecule has 0 fully saturated rings. The number of hydrogen-bond acceptors (Lipinski definition) is 2. The van der Waals surface area contributed by atoms with Crippen molar-refractivity contribution >= 4 is 17.7 Å². The number of carboxylic acids is 1. The molecule has 2 nitrogen and oxygen atoms in total. The molecule has 0 rings (SSSR count). The second kappa shape index (κ2) is 5.19. The van der Waals surface area contributed by atoms with Gasteiger partial charge in [-0.05, 0) is 13.8 Å². The zero-order valence-corrected chi connectivity index (χ0v) is 6.86. The molecular formula is C7H10O2S. The van der Waals surface area contributed by atoms with Crippen molar-refractivity contribution in [3.8, 4) is 11.8 Å². The van der Waals surface area contributed by atoms with Gasteiger partial charge in [0.1, 0.15) is 0 Å². The molecule has 0 bridgehead atoms. The van der Waals surface area contributed by atoms with Crippen LogP contribution in [0.4, 0.5) is 0 Å². The number of carboxylic acid groups (broad SMARTS) is 1. The molecule has 1 unspecified atom stereocenters. The highest BCUT2D eigenvalue weighted by Gasteiger charge is 2.00. The van der Waals surface area contributed by atoms with E-state index >= 15 is 0 Å². The number of aliphatic carboxylic acids is 1. The zero-order chi connectivity index (χ0) is 7.98. The summed E-state index contributed by atoms with van der Waals surface area (Å²) in [7, 11) is 0. The van der Waals surface area contributed by atoms with E-state index in [2.05, 4.69) is 11.8 Å². The van der Waals surface area contributed by atoms with E-state index < -0.39 is 5.97 Å². The van der Waals surface area contributed by atoms with E-state index in [1.165, 1.54) is 11.8 Å². The maximum Gasteiger partial charge on any atom is 0.313 e. The first-order chi connectivity index (χ1) is 4.66. The van der Waals surface area contributed by atoms with E-state index in [1.54, 1.807) is 6.92 Å². The summed E-state index contributed by atoms with van der Waals surface area (Å²) in [6, 6.07) is 0. The molecule has 0 radical (unpaired) electrons. The molecule has 0 saturated heterocycles. The van der Waals surface area contributed by atoms with E-state index in [9.17, 15) is 4.79 Å². The Labute approximate surface area is 65.0 Å². The van der Waals surface area contributed by atoms with Crippen LogP contribution in [0.2, 0.25) is 0 Å². The first-order valence-electron chi connectivity index (χ1n) is 2.92. The second-order valence-electron chi connectivity index (χ2n) is 1.74. The Bertz CT molecular complexity index is 166. The minimum absolute atomic E-state index is 0.126. The standard InChI is InChI=1S/C7H10O2S/c1-3-4-6(2)10-5-7(8)9/h6H,5H2,1-2H3,(H,8,9). The average molecular weight is 158 g/mol. The predicted molar refractivity (Wildman–Crippen MR) is 43.0 cm³/mol. The third-order valence-electron chi connectivity index (χ3n) is 0.804. The topological polar surface area (TPSA) is 37.3 Å². The fourth-order valence-electron chi connectivity index (χ4n) is 0.441. The summed E-state index contributed by atoms with van der Waals surface area (Å²) in [4.78, 5) is 10.0. The summed E-state index contributed by atoms with van der Waals surface area (Å²) >= 11 is 1.34. The lowest BCUT2D eigenvalue weighted by molar-refractivity contribution is -0.133. The van der Waals surface area contributed by atoms with E-state index in [4.69, 9.17) is 5.11 Å². The summed E-state index contributed by atoms with van der Waals surface area (Å²) in [5, 5.41) is 8.39. The van der Waals surface area contributed by atoms with Gasteiger partial charge >= 0.3 is 5.97 Å². The molecule has 0 aromatic carbocycles. The monoisotopic (exact) mass is 158 g/mol. The Kier molecular flexibility index (Phi) is 4.87. The van der Waals surface area contributed by atoms with Crippen molar-refractivity contribution in [3.63, 3.8) is 0 Å². The van der Waals surface area contributed by atoms with Crippen LogP contribution in [0.5, 0.6) is 0 Å². The molecule has 1 N–H and O–H groups in total. The van der Waals surface area contributed by atoms with Crippen molar-refractivity contribution in [1.29, 1.82) is 0 Å². The van der Waals surface area contributed by atoms with Gasteiger partial charge in [-0.15, -0.1) is 17.7 Å². The Morgan fingerprint density at radius 1 is 1.80 bits per heavy atom. The predicted octanol–water partition coefficient (Wildman–Crippen LogP) is 1.22. The van der Waals surface area contributed by atoms with Gasteiger partial charge in [0.05, 0.1) is 11.0 Å². The maximum absolute atomic E-state index is 10.0. The molecule has 0 aliphatic rings. The molecule has 0 saturated carbocycles. The lowest BCUT2D eigenvalue weighted by Gasteiger charge is -1.98. The number of carbonyl (C=O) groups is 1. The van der Waals surface area contributed by atoms with Gasteiger partial charge < -0.3 is 5.11 Å². The second-order valence-corrected chi connectivity index (χ2v) is 3.07. The Hall–Kier alpha value is -0.620. The molecule has 56 valence electrons. The van der Waals surface area contributed by atoms with Crippen LogP contribution < -0.4 is 0 Å². The number of hydrogen-bond donors (Lipinski definition) is 1. The fraction of sp³-hybridized carbons (Fsp3) is 0.571. The van der Waals surface area contributed by atoms with E-state index in [-0.39, 0.29) is 11.0 Å². The fourth-order valence-corrected chi connectivity index (χ4v) is 1.03. The van der Waals surface area contributed by atoms with Crippen LogP contribution in [0.1, 0.15) is 13.8 Å². The van der Waals surface area contributed by atoms with E-state index in [0.29, 0.717) is 0 Å². The molecule has 3 heteroatoms. The minimum Gasteiger partial charge on any atom is -0.481 e. The largest absolute Gasteiger partial charge is 0.481 e. The summed E-state index contributed by atoms with van der Waals surface area (Å²) < 4.78 is 0. The molecule has 0 heterocycles. The van der Waals surface area contributed by atoms with Gasteiger partial charge in [0.25, 0.3) is 0 Å². The highest BCUT2D eigenvalue weighted by atomic mass is 32.2. The lowest BCUT2D eigenvalue weighted by atomic mass is 10.5. The van der Waals surface area contributed by atoms with Crippen molar-refractivity contribution < 1.29 is 9.90 Å². The van der Waals surface area contributed by atoms with Crippen molar-refractivity contribution in [2.45, 2.75) is 19.1 Å². The molecule has 10 heavy (non-hydrogen) atoms. The van der Waals surface area contributed by atoms with Gasteiger partial charge in [0.15, 0.2) is 0 Å². The summed E-state index contributed by atoms with van der Waals surface area (Å²) in [6.45, 7) is 3.64. The van der Waals surface area contributed by atoms with E-state index in [0.717, 1.165) is 0 Å². The third kappa shape index (κ3) is 5.52. The summed E-state index contributed by atoms with van der Waals surface area (Å²) in [6.07, 6.45) is 0. The van der Waals surface area contributed by atoms with E-state index in [1.807, 2.05) is 6.92 Å².